The molecule has 2 rings (SSSR count). The number of aromatic amines is 1. The highest BCUT2D eigenvalue weighted by Crippen LogP contribution is 2.36. The van der Waals surface area contributed by atoms with Gasteiger partial charge in [-0.15, -0.1) is 0 Å². The molecule has 0 aliphatic heterocycles. The predicted molar refractivity (Wildman–Crippen MR) is 56.2 cm³/mol. The van der Waals surface area contributed by atoms with Gasteiger partial charge in [-0.3, -0.25) is 0 Å². The van der Waals surface area contributed by atoms with Crippen molar-refractivity contribution >= 4 is 11.6 Å². The van der Waals surface area contributed by atoms with Gasteiger partial charge in [-0.2, -0.15) is 13.2 Å². The van der Waals surface area contributed by atoms with Gasteiger partial charge in [-0.1, -0.05) is 23.7 Å². The summed E-state index contributed by atoms with van der Waals surface area (Å²) in [4.78, 5) is 2.20. The molecule has 1 N–H and O–H groups in total. The van der Waals surface area contributed by atoms with Gasteiger partial charge >= 0.3 is 6.18 Å². The van der Waals surface area contributed by atoms with Crippen molar-refractivity contribution in [2.75, 3.05) is 0 Å². The topological polar surface area (TPSA) is 15.8 Å². The first kappa shape index (κ1) is 11.1. The van der Waals surface area contributed by atoms with E-state index in [-0.39, 0.29) is 5.56 Å². The summed E-state index contributed by atoms with van der Waals surface area (Å²) >= 11 is 5.67. The van der Waals surface area contributed by atoms with Crippen LogP contribution in [-0.2, 0) is 6.18 Å². The van der Waals surface area contributed by atoms with Crippen LogP contribution in [0.4, 0.5) is 13.2 Å². The van der Waals surface area contributed by atoms with Crippen LogP contribution in [0, 0.1) is 0 Å². The van der Waals surface area contributed by atoms with E-state index in [0.29, 0.717) is 10.6 Å². The fraction of sp³-hybridized carbons (Fsp3) is 0.0909. The molecule has 0 unspecified atom stereocenters. The minimum atomic E-state index is -4.38. The summed E-state index contributed by atoms with van der Waals surface area (Å²) in [5.41, 5.74) is -0.128. The van der Waals surface area contributed by atoms with Gasteiger partial charge in [0.05, 0.1) is 0 Å². The zero-order valence-corrected chi connectivity index (χ0v) is 8.73. The van der Waals surface area contributed by atoms with E-state index in [0.717, 1.165) is 0 Å². The van der Waals surface area contributed by atoms with Crippen LogP contribution in [0.25, 0.3) is 11.1 Å². The van der Waals surface area contributed by atoms with Crippen LogP contribution in [0.2, 0.25) is 5.02 Å². The molecule has 0 spiro atoms. The Kier molecular flexibility index (Phi) is 2.68. The van der Waals surface area contributed by atoms with Gasteiger partial charge < -0.3 is 4.98 Å². The van der Waals surface area contributed by atoms with Gasteiger partial charge in [-0.25, -0.2) is 0 Å². The van der Waals surface area contributed by atoms with Gasteiger partial charge in [0.2, 0.25) is 0 Å². The number of hydrogen-bond acceptors (Lipinski definition) is 0. The molecule has 1 aromatic heterocycles. The molecule has 0 bridgehead atoms. The number of halogens is 4. The molecular formula is C11H7ClF3N. The van der Waals surface area contributed by atoms with Crippen molar-refractivity contribution in [3.63, 3.8) is 0 Å². The molecule has 1 heterocycles. The lowest BCUT2D eigenvalue weighted by Crippen LogP contribution is -2.06. The van der Waals surface area contributed by atoms with Crippen LogP contribution >= 0.6 is 11.6 Å². The molecule has 0 amide bonds. The van der Waals surface area contributed by atoms with Crippen LogP contribution in [0.1, 0.15) is 5.69 Å². The van der Waals surface area contributed by atoms with Gasteiger partial charge in [0.1, 0.15) is 5.69 Å². The first-order valence-electron chi connectivity index (χ1n) is 4.49. The fourth-order valence-corrected chi connectivity index (χ4v) is 1.60. The van der Waals surface area contributed by atoms with Gasteiger partial charge in [0.25, 0.3) is 0 Å². The summed E-state index contributed by atoms with van der Waals surface area (Å²) in [7, 11) is 0. The fourth-order valence-electron chi connectivity index (χ4n) is 1.47. The number of aromatic nitrogens is 1. The lowest BCUT2D eigenvalue weighted by atomic mass is 10.1. The minimum absolute atomic E-state index is 0.129. The predicted octanol–water partition coefficient (Wildman–Crippen LogP) is 4.35. The van der Waals surface area contributed by atoms with Crippen molar-refractivity contribution in [1.82, 2.24) is 4.98 Å². The van der Waals surface area contributed by atoms with E-state index in [2.05, 4.69) is 4.98 Å². The zero-order valence-electron chi connectivity index (χ0n) is 7.98. The van der Waals surface area contributed by atoms with E-state index < -0.39 is 11.9 Å². The maximum Gasteiger partial charge on any atom is 0.431 e. The Morgan fingerprint density at radius 3 is 2.19 bits per heavy atom. The number of H-pyrrole nitrogens is 1. The third kappa shape index (κ3) is 2.07. The summed E-state index contributed by atoms with van der Waals surface area (Å²) in [5, 5.41) is 0.493. The lowest BCUT2D eigenvalue weighted by molar-refractivity contribution is -0.140. The molecule has 1 aromatic carbocycles. The van der Waals surface area contributed by atoms with Crippen molar-refractivity contribution in [1.29, 1.82) is 0 Å². The van der Waals surface area contributed by atoms with Crippen molar-refractivity contribution in [3.8, 4) is 11.1 Å². The molecule has 16 heavy (non-hydrogen) atoms. The van der Waals surface area contributed by atoms with Crippen LogP contribution in [0.3, 0.4) is 0 Å². The van der Waals surface area contributed by atoms with Gasteiger partial charge in [0.15, 0.2) is 0 Å². The SMILES string of the molecule is FC(F)(F)c1[nH]ccc1-c1ccc(Cl)cc1. The van der Waals surface area contributed by atoms with Crippen molar-refractivity contribution in [2.45, 2.75) is 6.18 Å². The Morgan fingerprint density at radius 1 is 1.00 bits per heavy atom. The highest BCUT2D eigenvalue weighted by atomic mass is 35.5. The number of hydrogen-bond donors (Lipinski definition) is 1. The van der Waals surface area contributed by atoms with E-state index in [9.17, 15) is 13.2 Å². The quantitative estimate of drug-likeness (QED) is 0.769. The maximum absolute atomic E-state index is 12.6. The Labute approximate surface area is 94.9 Å². The smallest absolute Gasteiger partial charge is 0.357 e. The molecule has 0 saturated carbocycles. The Balaban J connectivity index is 2.49. The number of rotatable bonds is 1. The summed E-state index contributed by atoms with van der Waals surface area (Å²) < 4.78 is 37.8. The van der Waals surface area contributed by atoms with Crippen LogP contribution in [0.5, 0.6) is 0 Å². The first-order chi connectivity index (χ1) is 7.48. The Morgan fingerprint density at radius 2 is 1.62 bits per heavy atom. The van der Waals surface area contributed by atoms with Crippen molar-refractivity contribution < 1.29 is 13.2 Å². The molecular weight excluding hydrogens is 239 g/mol. The molecule has 84 valence electrons. The van der Waals surface area contributed by atoms with Crippen LogP contribution in [0.15, 0.2) is 36.5 Å². The summed E-state index contributed by atoms with van der Waals surface area (Å²) in [6.07, 6.45) is -3.11. The molecule has 0 aliphatic carbocycles. The van der Waals surface area contributed by atoms with Gasteiger partial charge in [-0.05, 0) is 23.8 Å². The molecule has 0 atom stereocenters. The largest absolute Gasteiger partial charge is 0.431 e. The standard InChI is InChI=1S/C11H7ClF3N/c12-8-3-1-7(2-4-8)9-5-6-16-10(9)11(13,14)15/h1-6,16H. The highest BCUT2D eigenvalue weighted by Gasteiger charge is 2.34. The van der Waals surface area contributed by atoms with E-state index in [4.69, 9.17) is 11.6 Å². The van der Waals surface area contributed by atoms with E-state index >= 15 is 0 Å². The average molecular weight is 246 g/mol. The maximum atomic E-state index is 12.6. The van der Waals surface area contributed by atoms with Crippen LogP contribution < -0.4 is 0 Å². The first-order valence-corrected chi connectivity index (χ1v) is 4.87. The van der Waals surface area contributed by atoms with Gasteiger partial charge in [0, 0.05) is 16.8 Å². The molecule has 2 aromatic rings. The van der Waals surface area contributed by atoms with Crippen molar-refractivity contribution in [2.24, 2.45) is 0 Å². The summed E-state index contributed by atoms with van der Waals surface area (Å²) in [5.74, 6) is 0. The minimum Gasteiger partial charge on any atom is -0.357 e. The highest BCUT2D eigenvalue weighted by molar-refractivity contribution is 6.30. The number of benzene rings is 1. The normalized spacial score (nSPS) is 11.8. The second-order valence-corrected chi connectivity index (χ2v) is 3.71. The Hall–Kier alpha value is -1.42. The monoisotopic (exact) mass is 245 g/mol. The van der Waals surface area contributed by atoms with E-state index in [1.54, 1.807) is 24.3 Å². The number of nitrogens with one attached hydrogen (secondary N) is 1. The molecule has 0 saturated heterocycles. The van der Waals surface area contributed by atoms with E-state index in [1.807, 2.05) is 0 Å². The number of alkyl halides is 3. The Bertz CT molecular complexity index is 485. The van der Waals surface area contributed by atoms with Crippen LogP contribution in [-0.4, -0.2) is 4.98 Å². The second-order valence-electron chi connectivity index (χ2n) is 3.27. The third-order valence-electron chi connectivity index (χ3n) is 2.19. The molecule has 5 heteroatoms. The average Bonchev–Trinajstić information content (AvgIpc) is 2.66. The van der Waals surface area contributed by atoms with E-state index in [1.165, 1.54) is 12.3 Å². The second kappa shape index (κ2) is 3.87. The van der Waals surface area contributed by atoms with Crippen molar-refractivity contribution in [3.05, 3.63) is 47.2 Å². The molecule has 0 radical (unpaired) electrons. The molecule has 0 aliphatic rings. The molecule has 0 fully saturated rings. The lowest BCUT2D eigenvalue weighted by Gasteiger charge is -2.07. The third-order valence-corrected chi connectivity index (χ3v) is 2.44. The molecule has 1 nitrogen and oxygen atoms in total. The summed E-state index contributed by atoms with van der Waals surface area (Å²) in [6.45, 7) is 0. The summed E-state index contributed by atoms with van der Waals surface area (Å²) in [6, 6.07) is 7.63. The zero-order chi connectivity index (χ0) is 11.8.